The molecule has 13 heteroatoms. The molecule has 1 fully saturated rings. The van der Waals surface area contributed by atoms with Crippen LogP contribution in [0.4, 0.5) is 24.5 Å². The predicted octanol–water partition coefficient (Wildman–Crippen LogP) is 5.58. The Morgan fingerprint density at radius 3 is 2.51 bits per heavy atom. The molecule has 3 atom stereocenters. The summed E-state index contributed by atoms with van der Waals surface area (Å²) in [6.07, 6.45) is -4.67. The fourth-order valence-corrected chi connectivity index (χ4v) is 7.85. The third-order valence-corrected chi connectivity index (χ3v) is 9.69. The third kappa shape index (κ3) is 5.34. The Kier molecular flexibility index (Phi) is 7.38. The summed E-state index contributed by atoms with van der Waals surface area (Å²) in [5.74, 6) is -3.41. The van der Waals surface area contributed by atoms with Gasteiger partial charge in [-0.25, -0.2) is 4.90 Å². The number of nitrogens with one attached hydrogen (secondary N) is 2. The number of thiazole rings is 1. The molecule has 2 aliphatic rings. The minimum atomic E-state index is -4.67. The van der Waals surface area contributed by atoms with Crippen molar-refractivity contribution in [3.05, 3.63) is 104 Å². The highest BCUT2D eigenvalue weighted by molar-refractivity contribution is 8.00. The van der Waals surface area contributed by atoms with Gasteiger partial charge in [-0.15, -0.1) is 0 Å². The van der Waals surface area contributed by atoms with Crippen LogP contribution < -0.4 is 19.8 Å². The van der Waals surface area contributed by atoms with Crippen molar-refractivity contribution >= 4 is 52.2 Å². The van der Waals surface area contributed by atoms with E-state index >= 15 is 0 Å². The zero-order valence-electron chi connectivity index (χ0n) is 22.3. The summed E-state index contributed by atoms with van der Waals surface area (Å²) in [4.78, 5) is 56.4. The van der Waals surface area contributed by atoms with E-state index in [0.717, 1.165) is 51.8 Å². The molecule has 0 spiro atoms. The second-order valence-corrected chi connectivity index (χ2v) is 12.2. The zero-order chi connectivity index (χ0) is 30.5. The number of rotatable bonds is 6. The number of para-hydroxylation sites is 2. The van der Waals surface area contributed by atoms with E-state index in [1.54, 1.807) is 36.4 Å². The van der Waals surface area contributed by atoms with Crippen LogP contribution in [0.15, 0.2) is 82.6 Å². The summed E-state index contributed by atoms with van der Waals surface area (Å²) in [5, 5.41) is 2.18. The molecular weight excluding hydrogens is 603 g/mol. The highest BCUT2D eigenvalue weighted by Crippen LogP contribution is 2.54. The SMILES string of the molecule is Cc1ccccc1NC(=O)COc1ccccc1C1c2sc(=O)[nH]c2SC2C(=O)N(c3cccc(C(F)(F)F)c3)C(=O)C21. The number of H-pyrrole nitrogens is 1. The number of ether oxygens (including phenoxy) is 1. The number of aromatic amines is 1. The Balaban J connectivity index is 1.35. The smallest absolute Gasteiger partial charge is 0.416 e. The van der Waals surface area contributed by atoms with Crippen LogP contribution in [0.2, 0.25) is 0 Å². The minimum absolute atomic E-state index is 0.187. The number of anilines is 2. The highest BCUT2D eigenvalue weighted by Gasteiger charge is 2.57. The quantitative estimate of drug-likeness (QED) is 0.271. The number of amides is 3. The first-order valence-corrected chi connectivity index (χ1v) is 14.7. The summed E-state index contributed by atoms with van der Waals surface area (Å²) in [7, 11) is 0. The second kappa shape index (κ2) is 11.0. The average Bonchev–Trinajstić information content (AvgIpc) is 3.47. The molecule has 2 aliphatic heterocycles. The summed E-state index contributed by atoms with van der Waals surface area (Å²) in [5.41, 5.74) is 0.781. The van der Waals surface area contributed by atoms with Crippen molar-refractivity contribution in [2.24, 2.45) is 5.92 Å². The van der Waals surface area contributed by atoms with Crippen molar-refractivity contribution in [1.29, 1.82) is 0 Å². The molecule has 3 aromatic carbocycles. The van der Waals surface area contributed by atoms with Gasteiger partial charge >= 0.3 is 11.0 Å². The molecule has 1 saturated heterocycles. The number of fused-ring (bicyclic) bond motifs is 2. The second-order valence-electron chi connectivity index (χ2n) is 10.00. The van der Waals surface area contributed by atoms with Crippen LogP contribution in [0.1, 0.15) is 27.5 Å². The van der Waals surface area contributed by atoms with Gasteiger partial charge in [0.2, 0.25) is 11.8 Å². The van der Waals surface area contributed by atoms with Crippen LogP contribution in [0.3, 0.4) is 0 Å². The standard InChI is InChI=1S/C30H22F3N3O5S2/c1-15-7-2-4-11-19(15)34-21(37)14-41-20-12-5-3-10-18(20)22-23-25(42-26-24(22)43-29(40)35-26)28(39)36(27(23)38)17-9-6-8-16(13-17)30(31,32)33/h2-13,22-23,25H,14H2,1H3,(H,34,37)(H,35,40). The number of nitrogens with zero attached hydrogens (tertiary/aromatic N) is 1. The number of carbonyl (C=O) groups excluding carboxylic acids is 3. The van der Waals surface area contributed by atoms with Crippen molar-refractivity contribution in [3.63, 3.8) is 0 Å². The van der Waals surface area contributed by atoms with Crippen LogP contribution in [0.25, 0.3) is 0 Å². The van der Waals surface area contributed by atoms with E-state index in [9.17, 15) is 32.3 Å². The van der Waals surface area contributed by atoms with Gasteiger partial charge < -0.3 is 15.0 Å². The van der Waals surface area contributed by atoms with E-state index in [1.807, 2.05) is 19.1 Å². The molecule has 6 rings (SSSR count). The molecule has 220 valence electrons. The molecule has 1 aromatic heterocycles. The molecule has 0 radical (unpaired) electrons. The van der Waals surface area contributed by atoms with Crippen molar-refractivity contribution in [2.75, 3.05) is 16.8 Å². The Morgan fingerprint density at radius 1 is 1.00 bits per heavy atom. The van der Waals surface area contributed by atoms with E-state index in [4.69, 9.17) is 4.74 Å². The lowest BCUT2D eigenvalue weighted by molar-refractivity contribution is -0.137. The summed E-state index contributed by atoms with van der Waals surface area (Å²) in [6.45, 7) is 1.49. The Hall–Kier alpha value is -4.36. The van der Waals surface area contributed by atoms with Crippen LogP contribution >= 0.6 is 23.1 Å². The van der Waals surface area contributed by atoms with Gasteiger partial charge in [0.05, 0.1) is 22.2 Å². The third-order valence-electron chi connectivity index (χ3n) is 7.29. The number of benzene rings is 3. The maximum absolute atomic E-state index is 13.9. The molecule has 0 aliphatic carbocycles. The van der Waals surface area contributed by atoms with E-state index in [-0.39, 0.29) is 22.9 Å². The number of alkyl halides is 3. The van der Waals surface area contributed by atoms with Gasteiger partial charge in [-0.1, -0.05) is 65.6 Å². The Labute approximate surface area is 250 Å². The van der Waals surface area contributed by atoms with Gasteiger partial charge in [-0.2, -0.15) is 13.2 Å². The van der Waals surface area contributed by atoms with E-state index < -0.39 is 46.5 Å². The first kappa shape index (κ1) is 28.7. The molecule has 0 bridgehead atoms. The van der Waals surface area contributed by atoms with Crippen LogP contribution in [0, 0.1) is 12.8 Å². The van der Waals surface area contributed by atoms with Gasteiger partial charge in [-0.05, 0) is 42.8 Å². The summed E-state index contributed by atoms with van der Waals surface area (Å²) in [6, 6.07) is 18.0. The van der Waals surface area contributed by atoms with E-state index in [2.05, 4.69) is 10.3 Å². The molecule has 3 amide bonds. The molecule has 0 saturated carbocycles. The number of thioether (sulfide) groups is 1. The molecule has 43 heavy (non-hydrogen) atoms. The van der Waals surface area contributed by atoms with Crippen molar-refractivity contribution in [2.45, 2.75) is 29.3 Å². The normalized spacial score (nSPS) is 19.6. The Bertz CT molecular complexity index is 1820. The molecule has 8 nitrogen and oxygen atoms in total. The fraction of sp³-hybridized carbons (Fsp3) is 0.200. The lowest BCUT2D eigenvalue weighted by Crippen LogP contribution is -2.32. The molecular formula is C30H22F3N3O5S2. The fourth-order valence-electron chi connectivity index (χ4n) is 5.34. The summed E-state index contributed by atoms with van der Waals surface area (Å²) < 4.78 is 46.3. The lowest BCUT2D eigenvalue weighted by Gasteiger charge is -2.30. The van der Waals surface area contributed by atoms with Gasteiger partial charge in [0.25, 0.3) is 5.91 Å². The number of aryl methyl sites for hydroxylation is 1. The van der Waals surface area contributed by atoms with Crippen LogP contribution in [-0.2, 0) is 20.6 Å². The van der Waals surface area contributed by atoms with Crippen molar-refractivity contribution < 1.29 is 32.3 Å². The van der Waals surface area contributed by atoms with E-state index in [0.29, 0.717) is 21.2 Å². The molecule has 2 N–H and O–H groups in total. The monoisotopic (exact) mass is 625 g/mol. The number of aromatic nitrogens is 1. The maximum atomic E-state index is 13.9. The Morgan fingerprint density at radius 2 is 1.74 bits per heavy atom. The van der Waals surface area contributed by atoms with Gasteiger partial charge in [-0.3, -0.25) is 19.2 Å². The number of carbonyl (C=O) groups is 3. The van der Waals surface area contributed by atoms with Crippen LogP contribution in [0.5, 0.6) is 5.75 Å². The van der Waals surface area contributed by atoms with Crippen molar-refractivity contribution in [1.82, 2.24) is 4.98 Å². The lowest BCUT2D eigenvalue weighted by atomic mass is 9.82. The van der Waals surface area contributed by atoms with E-state index in [1.165, 1.54) is 6.07 Å². The number of imide groups is 1. The largest absolute Gasteiger partial charge is 0.483 e. The van der Waals surface area contributed by atoms with Crippen LogP contribution in [-0.4, -0.2) is 34.6 Å². The number of halogens is 3. The molecule has 4 aromatic rings. The highest BCUT2D eigenvalue weighted by atomic mass is 32.2. The predicted molar refractivity (Wildman–Crippen MR) is 156 cm³/mol. The number of hydrogen-bond acceptors (Lipinski definition) is 7. The maximum Gasteiger partial charge on any atom is 0.416 e. The van der Waals surface area contributed by atoms with Gasteiger partial charge in [0.1, 0.15) is 11.0 Å². The average molecular weight is 626 g/mol. The minimum Gasteiger partial charge on any atom is -0.483 e. The molecule has 3 heterocycles. The number of hydrogen-bond donors (Lipinski definition) is 2. The van der Waals surface area contributed by atoms with Gasteiger partial charge in [0, 0.05) is 22.0 Å². The summed E-state index contributed by atoms with van der Waals surface area (Å²) >= 11 is 1.90. The topological polar surface area (TPSA) is 109 Å². The van der Waals surface area contributed by atoms with Gasteiger partial charge in [0.15, 0.2) is 6.61 Å². The van der Waals surface area contributed by atoms with Crippen molar-refractivity contribution in [3.8, 4) is 5.75 Å². The first-order chi connectivity index (χ1) is 20.5. The first-order valence-electron chi connectivity index (χ1n) is 13.0. The molecule has 3 unspecified atom stereocenters. The zero-order valence-corrected chi connectivity index (χ0v) is 23.9.